The van der Waals surface area contributed by atoms with Crippen LogP contribution in [0, 0.1) is 17.1 Å². The number of nitrogens with zero attached hydrogens (tertiary/aromatic N) is 3. The molecular weight excluding hydrogens is 279 g/mol. The number of nitrogens with one attached hydrogen (secondary N) is 1. The summed E-state index contributed by atoms with van der Waals surface area (Å²) in [5.74, 6) is -0.0836. The number of halogens is 1. The Morgan fingerprint density at radius 3 is 2.90 bits per heavy atom. The van der Waals surface area contributed by atoms with Crippen LogP contribution < -0.4 is 5.69 Å². The minimum absolute atomic E-state index is 0.0189. The van der Waals surface area contributed by atoms with Crippen molar-refractivity contribution >= 4 is 11.8 Å². The molecule has 0 spiro atoms. The molecule has 0 aliphatic rings. The molecule has 5 nitrogen and oxygen atoms in total. The molecule has 0 radical (unpaired) electrons. The molecule has 104 valence electrons. The average Bonchev–Trinajstić information content (AvgIpc) is 2.78. The Balaban J connectivity index is 2.18. The second kappa shape index (κ2) is 5.92. The van der Waals surface area contributed by atoms with E-state index in [0.29, 0.717) is 16.5 Å². The number of benzene rings is 1. The van der Waals surface area contributed by atoms with Gasteiger partial charge in [-0.1, -0.05) is 17.8 Å². The number of aromatic nitrogens is 3. The lowest BCUT2D eigenvalue weighted by Gasteiger charge is -2.08. The van der Waals surface area contributed by atoms with Gasteiger partial charge >= 0.3 is 5.69 Å². The van der Waals surface area contributed by atoms with Crippen LogP contribution in [0.2, 0.25) is 0 Å². The minimum atomic E-state index is -0.425. The van der Waals surface area contributed by atoms with E-state index in [1.165, 1.54) is 22.4 Å². The van der Waals surface area contributed by atoms with Crippen LogP contribution in [0.1, 0.15) is 31.0 Å². The van der Waals surface area contributed by atoms with Gasteiger partial charge < -0.3 is 0 Å². The van der Waals surface area contributed by atoms with Gasteiger partial charge in [0.25, 0.3) is 0 Å². The molecule has 0 atom stereocenters. The van der Waals surface area contributed by atoms with Gasteiger partial charge in [0.1, 0.15) is 5.82 Å². The van der Waals surface area contributed by atoms with E-state index in [1.54, 1.807) is 12.1 Å². The Morgan fingerprint density at radius 1 is 1.55 bits per heavy atom. The standard InChI is InChI=1S/C13H13FN4OS/c1-8(2)18-12(19)16-17-13(18)20-7-10-4-3-9(6-15)5-11(10)14/h3-5,8H,7H2,1-2H3,(H,16,19). The zero-order valence-electron chi connectivity index (χ0n) is 11.1. The Kier molecular flexibility index (Phi) is 4.25. The van der Waals surface area contributed by atoms with Gasteiger partial charge in [-0.15, -0.1) is 5.10 Å². The maximum Gasteiger partial charge on any atom is 0.344 e. The van der Waals surface area contributed by atoms with E-state index in [2.05, 4.69) is 10.2 Å². The number of nitriles is 1. The molecule has 0 aliphatic carbocycles. The molecule has 0 unspecified atom stereocenters. The van der Waals surface area contributed by atoms with E-state index in [1.807, 2.05) is 19.9 Å². The van der Waals surface area contributed by atoms with Crippen LogP contribution in [-0.2, 0) is 5.75 Å². The molecule has 1 N–H and O–H groups in total. The summed E-state index contributed by atoms with van der Waals surface area (Å²) in [7, 11) is 0. The summed E-state index contributed by atoms with van der Waals surface area (Å²) < 4.78 is 15.3. The van der Waals surface area contributed by atoms with Crippen molar-refractivity contribution < 1.29 is 4.39 Å². The molecule has 0 fully saturated rings. The maximum absolute atomic E-state index is 13.7. The summed E-state index contributed by atoms with van der Waals surface area (Å²) in [6.07, 6.45) is 0. The van der Waals surface area contributed by atoms with Crippen molar-refractivity contribution in [2.24, 2.45) is 0 Å². The van der Waals surface area contributed by atoms with Crippen LogP contribution in [0.5, 0.6) is 0 Å². The van der Waals surface area contributed by atoms with Gasteiger partial charge in [0.05, 0.1) is 11.6 Å². The molecule has 7 heteroatoms. The molecule has 0 saturated carbocycles. The molecular formula is C13H13FN4OS. The largest absolute Gasteiger partial charge is 0.344 e. The Labute approximate surface area is 119 Å². The van der Waals surface area contributed by atoms with Gasteiger partial charge in [-0.25, -0.2) is 14.3 Å². The van der Waals surface area contributed by atoms with Crippen LogP contribution in [0.4, 0.5) is 4.39 Å². The van der Waals surface area contributed by atoms with Crippen molar-refractivity contribution in [1.82, 2.24) is 14.8 Å². The predicted molar refractivity (Wildman–Crippen MR) is 73.9 cm³/mol. The van der Waals surface area contributed by atoms with E-state index in [9.17, 15) is 9.18 Å². The van der Waals surface area contributed by atoms with Crippen LogP contribution in [0.15, 0.2) is 28.2 Å². The fourth-order valence-corrected chi connectivity index (χ4v) is 2.79. The van der Waals surface area contributed by atoms with Gasteiger partial charge in [-0.3, -0.25) is 4.57 Å². The Hall–Kier alpha value is -2.07. The highest BCUT2D eigenvalue weighted by molar-refractivity contribution is 7.98. The lowest BCUT2D eigenvalue weighted by atomic mass is 10.1. The number of hydrogen-bond donors (Lipinski definition) is 1. The molecule has 1 aromatic heterocycles. The smallest absolute Gasteiger partial charge is 0.268 e. The Morgan fingerprint density at radius 2 is 2.30 bits per heavy atom. The van der Waals surface area contributed by atoms with Crippen molar-refractivity contribution in [3.05, 3.63) is 45.6 Å². The second-order valence-electron chi connectivity index (χ2n) is 4.48. The normalized spacial score (nSPS) is 10.8. The lowest BCUT2D eigenvalue weighted by molar-refractivity contribution is 0.534. The van der Waals surface area contributed by atoms with Gasteiger partial charge in [0.15, 0.2) is 5.16 Å². The second-order valence-corrected chi connectivity index (χ2v) is 5.42. The number of rotatable bonds is 4. The molecule has 0 saturated heterocycles. The zero-order valence-corrected chi connectivity index (χ0v) is 11.9. The highest BCUT2D eigenvalue weighted by Crippen LogP contribution is 2.23. The van der Waals surface area contributed by atoms with Crippen LogP contribution in [0.3, 0.4) is 0 Å². The van der Waals surface area contributed by atoms with Crippen molar-refractivity contribution in [2.45, 2.75) is 30.8 Å². The fourth-order valence-electron chi connectivity index (χ4n) is 1.72. The molecule has 2 rings (SSSR count). The third-order valence-electron chi connectivity index (χ3n) is 2.73. The van der Waals surface area contributed by atoms with Gasteiger partial charge in [-0.2, -0.15) is 5.26 Å². The quantitative estimate of drug-likeness (QED) is 0.878. The molecule has 0 amide bonds. The van der Waals surface area contributed by atoms with Crippen LogP contribution in [-0.4, -0.2) is 14.8 Å². The van der Waals surface area contributed by atoms with E-state index in [0.717, 1.165) is 0 Å². The summed E-state index contributed by atoms with van der Waals surface area (Å²) >= 11 is 1.27. The number of H-pyrrole nitrogens is 1. The summed E-state index contributed by atoms with van der Waals surface area (Å²) in [5.41, 5.74) is 0.484. The minimum Gasteiger partial charge on any atom is -0.268 e. The van der Waals surface area contributed by atoms with E-state index in [-0.39, 0.29) is 17.3 Å². The number of hydrogen-bond acceptors (Lipinski definition) is 4. The first kappa shape index (κ1) is 14.3. The van der Waals surface area contributed by atoms with Crippen molar-refractivity contribution in [2.75, 3.05) is 0 Å². The predicted octanol–water partition coefficient (Wildman–Crippen LogP) is 2.46. The van der Waals surface area contributed by atoms with Crippen molar-refractivity contribution in [3.8, 4) is 6.07 Å². The lowest BCUT2D eigenvalue weighted by Crippen LogP contribution is -2.19. The Bertz CT molecular complexity index is 714. The summed E-state index contributed by atoms with van der Waals surface area (Å²) in [6.45, 7) is 3.76. The zero-order chi connectivity index (χ0) is 14.7. The van der Waals surface area contributed by atoms with Crippen LogP contribution in [0.25, 0.3) is 0 Å². The van der Waals surface area contributed by atoms with E-state index in [4.69, 9.17) is 5.26 Å². The topological polar surface area (TPSA) is 74.5 Å². The maximum atomic E-state index is 13.7. The third-order valence-corrected chi connectivity index (χ3v) is 3.73. The van der Waals surface area contributed by atoms with Gasteiger partial charge in [0, 0.05) is 11.8 Å². The van der Waals surface area contributed by atoms with Crippen molar-refractivity contribution in [1.29, 1.82) is 5.26 Å². The SMILES string of the molecule is CC(C)n1c(SCc2ccc(C#N)cc2F)n[nH]c1=O. The van der Waals surface area contributed by atoms with E-state index >= 15 is 0 Å². The van der Waals surface area contributed by atoms with Gasteiger partial charge in [0.2, 0.25) is 0 Å². The van der Waals surface area contributed by atoms with Crippen molar-refractivity contribution in [3.63, 3.8) is 0 Å². The molecule has 1 heterocycles. The first-order valence-electron chi connectivity index (χ1n) is 6.01. The third kappa shape index (κ3) is 2.91. The summed E-state index contributed by atoms with van der Waals surface area (Å²) in [4.78, 5) is 11.6. The molecule has 0 bridgehead atoms. The van der Waals surface area contributed by atoms with Crippen LogP contribution >= 0.6 is 11.8 Å². The molecule has 1 aromatic carbocycles. The van der Waals surface area contributed by atoms with Gasteiger partial charge in [-0.05, 0) is 31.5 Å². The first-order chi connectivity index (χ1) is 9.52. The molecule has 20 heavy (non-hydrogen) atoms. The fraction of sp³-hybridized carbons (Fsp3) is 0.308. The monoisotopic (exact) mass is 292 g/mol. The highest BCUT2D eigenvalue weighted by atomic mass is 32.2. The number of thioether (sulfide) groups is 1. The molecule has 0 aliphatic heterocycles. The van der Waals surface area contributed by atoms with E-state index < -0.39 is 5.82 Å². The first-order valence-corrected chi connectivity index (χ1v) is 6.99. The average molecular weight is 292 g/mol. The highest BCUT2D eigenvalue weighted by Gasteiger charge is 2.13. The molecule has 2 aromatic rings. The summed E-state index contributed by atoms with van der Waals surface area (Å²) in [5, 5.41) is 15.5. The summed E-state index contributed by atoms with van der Waals surface area (Å²) in [6, 6.07) is 6.22. The number of aromatic amines is 1.